The van der Waals surface area contributed by atoms with Crippen LogP contribution in [0.4, 0.5) is 4.39 Å². The molecule has 5 rings (SSSR count). The molecule has 1 amide bonds. The summed E-state index contributed by atoms with van der Waals surface area (Å²) in [5.41, 5.74) is 3.82. The highest BCUT2D eigenvalue weighted by atomic mass is 19.1. The second-order valence-electron chi connectivity index (χ2n) is 8.24. The van der Waals surface area contributed by atoms with E-state index in [-0.39, 0.29) is 17.8 Å². The quantitative estimate of drug-likeness (QED) is 0.470. The van der Waals surface area contributed by atoms with Gasteiger partial charge in [-0.3, -0.25) is 9.69 Å². The minimum Gasteiger partial charge on any atom is -0.334 e. The Labute approximate surface area is 185 Å². The lowest BCUT2D eigenvalue weighted by Gasteiger charge is -2.34. The molecule has 4 aromatic rings. The molecule has 1 atom stereocenters. The van der Waals surface area contributed by atoms with E-state index < -0.39 is 0 Å². The molecule has 0 spiro atoms. The van der Waals surface area contributed by atoms with Crippen molar-refractivity contribution in [3.8, 4) is 0 Å². The first-order chi connectivity index (χ1) is 15.6. The highest BCUT2D eigenvalue weighted by Gasteiger charge is 2.26. The molecule has 1 aromatic carbocycles. The number of carbonyl (C=O) groups excluding carboxylic acids is 1. The summed E-state index contributed by atoms with van der Waals surface area (Å²) in [6, 6.07) is 12.4. The van der Waals surface area contributed by atoms with Gasteiger partial charge in [0.2, 0.25) is 5.91 Å². The predicted octanol–water partition coefficient (Wildman–Crippen LogP) is 3.12. The second kappa shape index (κ2) is 8.55. The first-order valence-electron chi connectivity index (χ1n) is 10.8. The molecular formula is C24H25FN6O. The van der Waals surface area contributed by atoms with E-state index in [1.54, 1.807) is 18.5 Å². The number of benzene rings is 1. The lowest BCUT2D eigenvalue weighted by atomic mass is 10.1. The van der Waals surface area contributed by atoms with Gasteiger partial charge in [-0.05, 0) is 36.8 Å². The molecule has 0 radical (unpaired) electrons. The van der Waals surface area contributed by atoms with E-state index in [4.69, 9.17) is 0 Å². The van der Waals surface area contributed by atoms with Gasteiger partial charge in [-0.25, -0.2) is 14.4 Å². The molecule has 164 valence electrons. The Bertz CT molecular complexity index is 1200. The summed E-state index contributed by atoms with van der Waals surface area (Å²) in [5, 5.41) is 0. The normalized spacial score (nSPS) is 16.1. The van der Waals surface area contributed by atoms with Gasteiger partial charge in [0, 0.05) is 38.2 Å². The zero-order chi connectivity index (χ0) is 22.1. The first kappa shape index (κ1) is 20.4. The first-order valence-corrected chi connectivity index (χ1v) is 10.8. The zero-order valence-electron chi connectivity index (χ0n) is 17.9. The fraction of sp³-hybridized carbons (Fsp3) is 0.292. The summed E-state index contributed by atoms with van der Waals surface area (Å²) in [7, 11) is 0. The fourth-order valence-electron chi connectivity index (χ4n) is 4.25. The van der Waals surface area contributed by atoms with Crippen LogP contribution < -0.4 is 0 Å². The number of imidazole rings is 2. The SMILES string of the molecule is CC(c1ccc(F)cc1)n1cncc1CN1CCN(Cc2cn3ccccc3n2)C(=O)C1. The number of carbonyl (C=O) groups is 1. The topological polar surface area (TPSA) is 58.7 Å². The molecule has 1 saturated heterocycles. The fourth-order valence-corrected chi connectivity index (χ4v) is 4.25. The summed E-state index contributed by atoms with van der Waals surface area (Å²) >= 11 is 0. The largest absolute Gasteiger partial charge is 0.334 e. The van der Waals surface area contributed by atoms with Gasteiger partial charge < -0.3 is 13.9 Å². The van der Waals surface area contributed by atoms with Gasteiger partial charge in [0.15, 0.2) is 0 Å². The van der Waals surface area contributed by atoms with Crippen molar-refractivity contribution in [2.24, 2.45) is 0 Å². The summed E-state index contributed by atoms with van der Waals surface area (Å²) in [4.78, 5) is 25.8. The number of aromatic nitrogens is 4. The number of piperazine rings is 1. The summed E-state index contributed by atoms with van der Waals surface area (Å²) in [5.74, 6) is -0.141. The average molecular weight is 433 g/mol. The van der Waals surface area contributed by atoms with Crippen molar-refractivity contribution in [3.63, 3.8) is 0 Å². The lowest BCUT2D eigenvalue weighted by Crippen LogP contribution is -2.49. The van der Waals surface area contributed by atoms with Crippen LogP contribution in [-0.2, 0) is 17.9 Å². The lowest BCUT2D eigenvalue weighted by molar-refractivity contribution is -0.137. The molecular weight excluding hydrogens is 407 g/mol. The Kier molecular flexibility index (Phi) is 5.45. The Balaban J connectivity index is 1.22. The number of halogens is 1. The third-order valence-electron chi connectivity index (χ3n) is 6.07. The number of amides is 1. The molecule has 1 fully saturated rings. The van der Waals surface area contributed by atoms with Gasteiger partial charge in [-0.15, -0.1) is 0 Å². The number of hydrogen-bond donors (Lipinski definition) is 0. The maximum Gasteiger partial charge on any atom is 0.237 e. The van der Waals surface area contributed by atoms with Crippen LogP contribution in [0.5, 0.6) is 0 Å². The van der Waals surface area contributed by atoms with E-state index in [2.05, 4.69) is 26.4 Å². The number of fused-ring (bicyclic) bond motifs is 1. The summed E-state index contributed by atoms with van der Waals surface area (Å²) in [6.45, 7) is 5.04. The monoisotopic (exact) mass is 432 g/mol. The van der Waals surface area contributed by atoms with E-state index in [0.29, 0.717) is 26.2 Å². The van der Waals surface area contributed by atoms with Gasteiger partial charge in [-0.1, -0.05) is 18.2 Å². The van der Waals surface area contributed by atoms with Crippen LogP contribution in [0.2, 0.25) is 0 Å². The summed E-state index contributed by atoms with van der Waals surface area (Å²) < 4.78 is 17.3. The molecule has 4 heterocycles. The number of hydrogen-bond acceptors (Lipinski definition) is 4. The molecule has 3 aromatic heterocycles. The zero-order valence-corrected chi connectivity index (χ0v) is 17.9. The number of pyridine rings is 1. The van der Waals surface area contributed by atoms with Crippen molar-refractivity contribution in [2.75, 3.05) is 19.6 Å². The molecule has 1 aliphatic heterocycles. The van der Waals surface area contributed by atoms with E-state index in [1.165, 1.54) is 12.1 Å². The summed E-state index contributed by atoms with van der Waals surface area (Å²) in [6.07, 6.45) is 7.57. The van der Waals surface area contributed by atoms with Crippen LogP contribution >= 0.6 is 0 Å². The second-order valence-corrected chi connectivity index (χ2v) is 8.24. The van der Waals surface area contributed by atoms with Crippen molar-refractivity contribution in [3.05, 3.63) is 90.2 Å². The molecule has 0 bridgehead atoms. The maximum atomic E-state index is 13.3. The molecule has 7 nitrogen and oxygen atoms in total. The molecule has 32 heavy (non-hydrogen) atoms. The van der Waals surface area contributed by atoms with Crippen LogP contribution in [0.3, 0.4) is 0 Å². The van der Waals surface area contributed by atoms with E-state index in [9.17, 15) is 9.18 Å². The highest BCUT2D eigenvalue weighted by molar-refractivity contribution is 5.79. The minimum absolute atomic E-state index is 0.0279. The van der Waals surface area contributed by atoms with Gasteiger partial charge in [0.1, 0.15) is 11.5 Å². The van der Waals surface area contributed by atoms with Gasteiger partial charge >= 0.3 is 0 Å². The van der Waals surface area contributed by atoms with Crippen LogP contribution in [0.15, 0.2) is 67.4 Å². The van der Waals surface area contributed by atoms with E-state index in [1.807, 2.05) is 46.1 Å². The average Bonchev–Trinajstić information content (AvgIpc) is 3.42. The van der Waals surface area contributed by atoms with Crippen molar-refractivity contribution in [1.29, 1.82) is 0 Å². The van der Waals surface area contributed by atoms with E-state index in [0.717, 1.165) is 29.1 Å². The molecule has 1 unspecified atom stereocenters. The van der Waals surface area contributed by atoms with Crippen LogP contribution in [-0.4, -0.2) is 54.3 Å². The molecule has 0 aliphatic carbocycles. The minimum atomic E-state index is -0.244. The van der Waals surface area contributed by atoms with Gasteiger partial charge in [0.05, 0.1) is 36.8 Å². The van der Waals surface area contributed by atoms with Crippen molar-refractivity contribution < 1.29 is 9.18 Å². The Morgan fingerprint density at radius 3 is 2.72 bits per heavy atom. The third-order valence-corrected chi connectivity index (χ3v) is 6.07. The number of nitrogens with zero attached hydrogens (tertiary/aromatic N) is 6. The number of rotatable bonds is 6. The predicted molar refractivity (Wildman–Crippen MR) is 118 cm³/mol. The van der Waals surface area contributed by atoms with Crippen LogP contribution in [0, 0.1) is 5.82 Å². The van der Waals surface area contributed by atoms with Crippen molar-refractivity contribution in [2.45, 2.75) is 26.1 Å². The van der Waals surface area contributed by atoms with Crippen molar-refractivity contribution >= 4 is 11.6 Å². The standard InChI is InChI=1S/C24H25FN6O/c1-18(19-5-7-20(25)8-6-19)31-17-26-12-22(31)15-28-10-11-30(24(32)16-28)14-21-13-29-9-3-2-4-23(29)27-21/h2-9,12-13,17-18H,10-11,14-16H2,1H3. The molecule has 0 saturated carbocycles. The van der Waals surface area contributed by atoms with E-state index >= 15 is 0 Å². The highest BCUT2D eigenvalue weighted by Crippen LogP contribution is 2.21. The smallest absolute Gasteiger partial charge is 0.237 e. The molecule has 8 heteroatoms. The maximum absolute atomic E-state index is 13.3. The van der Waals surface area contributed by atoms with Crippen LogP contribution in [0.25, 0.3) is 5.65 Å². The Morgan fingerprint density at radius 2 is 1.94 bits per heavy atom. The Hall–Kier alpha value is -3.52. The molecule has 0 N–H and O–H groups in total. The van der Waals surface area contributed by atoms with Crippen molar-refractivity contribution in [1.82, 2.24) is 28.7 Å². The third kappa shape index (κ3) is 4.13. The van der Waals surface area contributed by atoms with Gasteiger partial charge in [-0.2, -0.15) is 0 Å². The van der Waals surface area contributed by atoms with Crippen LogP contribution in [0.1, 0.15) is 29.9 Å². The Morgan fingerprint density at radius 1 is 1.09 bits per heavy atom. The van der Waals surface area contributed by atoms with Gasteiger partial charge in [0.25, 0.3) is 0 Å². The molecule has 1 aliphatic rings.